The van der Waals surface area contributed by atoms with Crippen LogP contribution in [0.5, 0.6) is 0 Å². The molecule has 2 aromatic heterocycles. The van der Waals surface area contributed by atoms with Crippen molar-refractivity contribution in [1.29, 1.82) is 0 Å². The number of amides is 1. The lowest BCUT2D eigenvalue weighted by molar-refractivity contribution is -0.121. The molecule has 1 aromatic carbocycles. The van der Waals surface area contributed by atoms with Gasteiger partial charge < -0.3 is 15.2 Å². The number of piperazine rings is 1. The lowest BCUT2D eigenvalue weighted by Crippen LogP contribution is -2.52. The Morgan fingerprint density at radius 3 is 2.58 bits per heavy atom. The van der Waals surface area contributed by atoms with E-state index in [9.17, 15) is 19.8 Å². The molecule has 9 nitrogen and oxygen atoms in total. The molecule has 0 aliphatic carbocycles. The Hall–Kier alpha value is -3.14. The van der Waals surface area contributed by atoms with Crippen LogP contribution in [-0.4, -0.2) is 61.6 Å². The maximum Gasteiger partial charge on any atom is 0.259 e. The monoisotopic (exact) mass is 423 g/mol. The predicted molar refractivity (Wildman–Crippen MR) is 117 cm³/mol. The maximum absolute atomic E-state index is 12.7. The first-order valence-electron chi connectivity index (χ1n) is 10.2. The Labute approximate surface area is 179 Å². The van der Waals surface area contributed by atoms with Crippen molar-refractivity contribution in [3.05, 3.63) is 51.8 Å². The number of aliphatic hydroxyl groups is 2. The summed E-state index contributed by atoms with van der Waals surface area (Å²) in [5.41, 5.74) is 1.34. The maximum atomic E-state index is 12.7. The number of fused-ring (bicyclic) bond motifs is 1. The van der Waals surface area contributed by atoms with E-state index in [4.69, 9.17) is 0 Å². The normalized spacial score (nSPS) is 15.3. The van der Waals surface area contributed by atoms with E-state index in [-0.39, 0.29) is 30.3 Å². The van der Waals surface area contributed by atoms with Gasteiger partial charge >= 0.3 is 0 Å². The Bertz CT molecular complexity index is 1190. The summed E-state index contributed by atoms with van der Waals surface area (Å²) in [6.07, 6.45) is 0. The van der Waals surface area contributed by atoms with Crippen LogP contribution in [0.2, 0.25) is 0 Å². The van der Waals surface area contributed by atoms with E-state index in [0.29, 0.717) is 47.3 Å². The van der Waals surface area contributed by atoms with Crippen molar-refractivity contribution < 1.29 is 15.0 Å². The van der Waals surface area contributed by atoms with Gasteiger partial charge in [-0.25, -0.2) is 9.97 Å². The number of carbonyl (C=O) groups is 1. The fourth-order valence-electron chi connectivity index (χ4n) is 3.84. The summed E-state index contributed by atoms with van der Waals surface area (Å²) in [5.74, 6) is 0.741. The van der Waals surface area contributed by atoms with Gasteiger partial charge in [-0.3, -0.25) is 19.4 Å². The van der Waals surface area contributed by atoms with Gasteiger partial charge in [-0.2, -0.15) is 0 Å². The van der Waals surface area contributed by atoms with E-state index in [1.807, 2.05) is 0 Å². The number of hydrogen-bond donors (Lipinski definition) is 3. The highest BCUT2D eigenvalue weighted by molar-refractivity contribution is 5.95. The van der Waals surface area contributed by atoms with Gasteiger partial charge in [0.15, 0.2) is 5.82 Å². The van der Waals surface area contributed by atoms with E-state index < -0.39 is 5.56 Å². The molecule has 1 aliphatic rings. The molecule has 4 rings (SSSR count). The lowest BCUT2D eigenvalue weighted by atomic mass is 10.1. The molecule has 1 amide bonds. The summed E-state index contributed by atoms with van der Waals surface area (Å²) in [5, 5.41) is 19.4. The lowest BCUT2D eigenvalue weighted by Gasteiger charge is -2.35. The topological polar surface area (TPSA) is 123 Å². The molecule has 0 spiro atoms. The number of H-pyrrole nitrogens is 1. The van der Waals surface area contributed by atoms with Gasteiger partial charge in [-0.05, 0) is 43.2 Å². The van der Waals surface area contributed by atoms with Crippen LogP contribution >= 0.6 is 0 Å². The molecule has 0 saturated carbocycles. The SMILES string of the molecule is CC(C)N1CCN(c2cccc(-c3nc4cc(CO)cc(CO)c4c(=O)[nH]3)n2)C(=O)C1. The molecule has 3 N–H and O–H groups in total. The smallest absolute Gasteiger partial charge is 0.259 e. The predicted octanol–water partition coefficient (Wildman–Crippen LogP) is 1.03. The van der Waals surface area contributed by atoms with Crippen molar-refractivity contribution in [3.8, 4) is 11.5 Å². The van der Waals surface area contributed by atoms with E-state index >= 15 is 0 Å². The number of hydrogen-bond acceptors (Lipinski definition) is 7. The number of carbonyl (C=O) groups excluding carboxylic acids is 1. The van der Waals surface area contributed by atoms with Crippen molar-refractivity contribution in [3.63, 3.8) is 0 Å². The van der Waals surface area contributed by atoms with Crippen LogP contribution < -0.4 is 10.5 Å². The summed E-state index contributed by atoms with van der Waals surface area (Å²) >= 11 is 0. The molecule has 0 radical (unpaired) electrons. The first kappa shape index (κ1) is 21.1. The summed E-state index contributed by atoms with van der Waals surface area (Å²) in [4.78, 5) is 41.0. The quantitative estimate of drug-likeness (QED) is 0.560. The Balaban J connectivity index is 1.73. The highest BCUT2D eigenvalue weighted by Gasteiger charge is 2.27. The third-order valence-electron chi connectivity index (χ3n) is 5.54. The highest BCUT2D eigenvalue weighted by atomic mass is 16.3. The van der Waals surface area contributed by atoms with Crippen LogP contribution in [-0.2, 0) is 18.0 Å². The number of nitrogens with zero attached hydrogens (tertiary/aromatic N) is 4. The molecular weight excluding hydrogens is 398 g/mol. The standard InChI is InChI=1S/C22H25N5O4/c1-13(2)26-6-7-27(19(30)10-26)18-5-3-4-16(23-18)21-24-17-9-14(11-28)8-15(12-29)20(17)22(31)25-21/h3-5,8-9,13,28-29H,6-7,10-12H2,1-2H3,(H,24,25,31). The largest absolute Gasteiger partial charge is 0.392 e. The number of benzene rings is 1. The average Bonchev–Trinajstić information content (AvgIpc) is 2.77. The number of aromatic amines is 1. The van der Waals surface area contributed by atoms with Crippen molar-refractivity contribution >= 4 is 22.6 Å². The van der Waals surface area contributed by atoms with Crippen molar-refractivity contribution in [2.75, 3.05) is 24.5 Å². The van der Waals surface area contributed by atoms with Gasteiger partial charge in [-0.15, -0.1) is 0 Å². The number of aliphatic hydroxyl groups excluding tert-OH is 2. The average molecular weight is 423 g/mol. The number of nitrogens with one attached hydrogen (secondary N) is 1. The fraction of sp³-hybridized carbons (Fsp3) is 0.364. The van der Waals surface area contributed by atoms with Gasteiger partial charge in [0.05, 0.1) is 30.7 Å². The number of anilines is 1. The van der Waals surface area contributed by atoms with E-state index in [1.165, 1.54) is 0 Å². The van der Waals surface area contributed by atoms with Gasteiger partial charge in [0.25, 0.3) is 5.56 Å². The number of rotatable bonds is 5. The molecule has 1 saturated heterocycles. The Morgan fingerprint density at radius 2 is 1.90 bits per heavy atom. The molecular formula is C22H25N5O4. The zero-order valence-corrected chi connectivity index (χ0v) is 17.5. The second kappa shape index (κ2) is 8.54. The van der Waals surface area contributed by atoms with Gasteiger partial charge in [0.1, 0.15) is 11.5 Å². The molecule has 3 heterocycles. The van der Waals surface area contributed by atoms with E-state index in [2.05, 4.69) is 33.7 Å². The number of aromatic nitrogens is 3. The van der Waals surface area contributed by atoms with Crippen molar-refractivity contribution in [2.45, 2.75) is 33.1 Å². The molecule has 0 unspecified atom stereocenters. The molecule has 0 atom stereocenters. The van der Waals surface area contributed by atoms with Crippen molar-refractivity contribution in [2.24, 2.45) is 0 Å². The van der Waals surface area contributed by atoms with Crippen LogP contribution in [0.25, 0.3) is 22.4 Å². The van der Waals surface area contributed by atoms with Gasteiger partial charge in [-0.1, -0.05) is 12.1 Å². The van der Waals surface area contributed by atoms with Crippen LogP contribution in [0.3, 0.4) is 0 Å². The minimum Gasteiger partial charge on any atom is -0.392 e. The Morgan fingerprint density at radius 1 is 1.10 bits per heavy atom. The first-order chi connectivity index (χ1) is 14.9. The molecule has 31 heavy (non-hydrogen) atoms. The summed E-state index contributed by atoms with van der Waals surface area (Å²) in [7, 11) is 0. The second-order valence-corrected chi connectivity index (χ2v) is 7.87. The fourth-order valence-corrected chi connectivity index (χ4v) is 3.84. The van der Waals surface area contributed by atoms with Crippen LogP contribution in [0.1, 0.15) is 25.0 Å². The van der Waals surface area contributed by atoms with Crippen molar-refractivity contribution in [1.82, 2.24) is 19.9 Å². The molecule has 1 aliphatic heterocycles. The number of pyridine rings is 1. The molecule has 3 aromatic rings. The zero-order chi connectivity index (χ0) is 22.1. The van der Waals surface area contributed by atoms with E-state index in [0.717, 1.165) is 6.54 Å². The zero-order valence-electron chi connectivity index (χ0n) is 17.5. The summed E-state index contributed by atoms with van der Waals surface area (Å²) < 4.78 is 0. The van der Waals surface area contributed by atoms with Crippen LogP contribution in [0, 0.1) is 0 Å². The second-order valence-electron chi connectivity index (χ2n) is 7.87. The molecule has 1 fully saturated rings. The minimum atomic E-state index is -0.401. The molecule has 9 heteroatoms. The molecule has 162 valence electrons. The molecule has 0 bridgehead atoms. The summed E-state index contributed by atoms with van der Waals surface area (Å²) in [6.45, 7) is 5.19. The van der Waals surface area contributed by atoms with Crippen LogP contribution in [0.15, 0.2) is 35.1 Å². The minimum absolute atomic E-state index is 0.0234. The summed E-state index contributed by atoms with van der Waals surface area (Å²) in [6, 6.07) is 8.74. The van der Waals surface area contributed by atoms with Gasteiger partial charge in [0.2, 0.25) is 5.91 Å². The first-order valence-corrected chi connectivity index (χ1v) is 10.2. The third kappa shape index (κ3) is 4.07. The highest BCUT2D eigenvalue weighted by Crippen LogP contribution is 2.22. The van der Waals surface area contributed by atoms with Gasteiger partial charge in [0, 0.05) is 19.1 Å². The van der Waals surface area contributed by atoms with E-state index in [1.54, 1.807) is 35.2 Å². The third-order valence-corrected chi connectivity index (χ3v) is 5.54. The Kier molecular flexibility index (Phi) is 5.81. The van der Waals surface area contributed by atoms with Crippen LogP contribution in [0.4, 0.5) is 5.82 Å².